The number of ether oxygens (including phenoxy) is 7. The van der Waals surface area contributed by atoms with Crippen LogP contribution in [0.1, 0.15) is 79.1 Å². The summed E-state index contributed by atoms with van der Waals surface area (Å²) in [4.78, 5) is 0. The van der Waals surface area contributed by atoms with Crippen LogP contribution in [0, 0.1) is 0 Å². The van der Waals surface area contributed by atoms with Crippen LogP contribution in [-0.2, 0) is 33.2 Å². The van der Waals surface area contributed by atoms with E-state index in [2.05, 4.69) is 27.7 Å². The third-order valence-electron chi connectivity index (χ3n) is 6.50. The summed E-state index contributed by atoms with van der Waals surface area (Å²) in [5, 5.41) is 21.0. The molecule has 2 unspecified atom stereocenters. The van der Waals surface area contributed by atoms with Gasteiger partial charge in [0.05, 0.1) is 26.4 Å². The Morgan fingerprint density at radius 1 is 0.568 bits per heavy atom. The van der Waals surface area contributed by atoms with Crippen LogP contribution in [0.5, 0.6) is 0 Å². The van der Waals surface area contributed by atoms with Gasteiger partial charge in [-0.2, -0.15) is 0 Å². The molecule has 1 saturated carbocycles. The number of aliphatic hydroxyl groups excluding tert-OH is 2. The average Bonchev–Trinajstić information content (AvgIpc) is 2.90. The Morgan fingerprint density at radius 3 is 1.32 bits per heavy atom. The Labute approximate surface area is 225 Å². The monoisotopic (exact) mass is 536 g/mol. The summed E-state index contributed by atoms with van der Waals surface area (Å²) in [7, 11) is 1.57. The highest BCUT2D eigenvalue weighted by atomic mass is 16.6. The van der Waals surface area contributed by atoms with Gasteiger partial charge in [-0.3, -0.25) is 0 Å². The number of methoxy groups -OCH3 is 1. The van der Waals surface area contributed by atoms with Crippen molar-refractivity contribution in [2.45, 2.75) is 122 Å². The molecule has 0 amide bonds. The van der Waals surface area contributed by atoms with Crippen LogP contribution in [0.15, 0.2) is 0 Å². The quantitative estimate of drug-likeness (QED) is 0.179. The van der Waals surface area contributed by atoms with E-state index in [1.165, 1.54) is 0 Å². The van der Waals surface area contributed by atoms with Gasteiger partial charge in [-0.05, 0) is 25.7 Å². The Balaban J connectivity index is 3.16. The van der Waals surface area contributed by atoms with Crippen LogP contribution in [0.3, 0.4) is 0 Å². The molecule has 2 N–H and O–H groups in total. The second-order valence-corrected chi connectivity index (χ2v) is 9.71. The molecule has 0 radical (unpaired) electrons. The van der Waals surface area contributed by atoms with Gasteiger partial charge < -0.3 is 43.4 Å². The molecule has 1 aliphatic rings. The maximum atomic E-state index is 11.5. The molecule has 0 aliphatic heterocycles. The summed E-state index contributed by atoms with van der Waals surface area (Å²) in [6.45, 7) is 11.3. The van der Waals surface area contributed by atoms with Crippen molar-refractivity contribution in [1.82, 2.24) is 0 Å². The van der Waals surface area contributed by atoms with Gasteiger partial charge in [0, 0.05) is 33.5 Å². The topological polar surface area (TPSA) is 105 Å². The summed E-state index contributed by atoms with van der Waals surface area (Å²) < 4.78 is 42.4. The first kappa shape index (κ1) is 34.7. The van der Waals surface area contributed by atoms with Crippen molar-refractivity contribution in [1.29, 1.82) is 0 Å². The zero-order chi connectivity index (χ0) is 27.3. The van der Waals surface area contributed by atoms with E-state index in [0.717, 1.165) is 51.4 Å². The first-order valence-corrected chi connectivity index (χ1v) is 14.6. The smallest absolute Gasteiger partial charge is 0.115 e. The lowest BCUT2D eigenvalue weighted by Gasteiger charge is -2.48. The van der Waals surface area contributed by atoms with Crippen molar-refractivity contribution in [3.8, 4) is 0 Å². The Morgan fingerprint density at radius 2 is 0.946 bits per heavy atom. The third-order valence-corrected chi connectivity index (χ3v) is 6.50. The predicted molar refractivity (Wildman–Crippen MR) is 143 cm³/mol. The van der Waals surface area contributed by atoms with Gasteiger partial charge >= 0.3 is 0 Å². The van der Waals surface area contributed by atoms with E-state index in [4.69, 9.17) is 33.2 Å². The molecule has 9 nitrogen and oxygen atoms in total. The number of unbranched alkanes of at least 4 members (excludes halogenated alkanes) is 4. The molecular formula is C28H56O9. The maximum Gasteiger partial charge on any atom is 0.115 e. The highest BCUT2D eigenvalue weighted by Gasteiger charge is 2.53. The van der Waals surface area contributed by atoms with Gasteiger partial charge in [-0.25, -0.2) is 0 Å². The number of hydrogen-bond donors (Lipinski definition) is 2. The van der Waals surface area contributed by atoms with E-state index in [1.807, 2.05) is 0 Å². The van der Waals surface area contributed by atoms with Crippen molar-refractivity contribution in [2.24, 2.45) is 0 Å². The van der Waals surface area contributed by atoms with Gasteiger partial charge in [0.2, 0.25) is 0 Å². The van der Waals surface area contributed by atoms with Crippen molar-refractivity contribution >= 4 is 0 Å². The second kappa shape index (κ2) is 22.5. The highest BCUT2D eigenvalue weighted by molar-refractivity contribution is 5.03. The number of aliphatic hydroxyl groups is 2. The first-order valence-electron chi connectivity index (χ1n) is 14.6. The fourth-order valence-corrected chi connectivity index (χ4v) is 4.29. The molecule has 0 saturated heterocycles. The average molecular weight is 537 g/mol. The lowest BCUT2D eigenvalue weighted by molar-refractivity contribution is -0.275. The highest BCUT2D eigenvalue weighted by Crippen LogP contribution is 2.33. The Bertz CT molecular complexity index is 478. The molecule has 0 aromatic heterocycles. The molecule has 1 aliphatic carbocycles. The maximum absolute atomic E-state index is 11.5. The van der Waals surface area contributed by atoms with E-state index >= 15 is 0 Å². The molecule has 0 aromatic rings. The van der Waals surface area contributed by atoms with E-state index in [0.29, 0.717) is 33.0 Å². The fraction of sp³-hybridized carbons (Fsp3) is 1.00. The molecule has 1 fully saturated rings. The van der Waals surface area contributed by atoms with E-state index < -0.39 is 42.7 Å². The fourth-order valence-electron chi connectivity index (χ4n) is 4.29. The Kier molecular flexibility index (Phi) is 21.0. The summed E-state index contributed by atoms with van der Waals surface area (Å²) in [6.07, 6.45) is 3.55. The molecule has 0 spiro atoms. The normalized spacial score (nSPS) is 27.0. The summed E-state index contributed by atoms with van der Waals surface area (Å²) >= 11 is 0. The van der Waals surface area contributed by atoms with Gasteiger partial charge in [0.25, 0.3) is 0 Å². The van der Waals surface area contributed by atoms with E-state index in [1.54, 1.807) is 7.11 Å². The first-order chi connectivity index (χ1) is 18.1. The predicted octanol–water partition coefficient (Wildman–Crippen LogP) is 3.51. The standard InChI is InChI=1S/C28H56O9/c1-6-10-14-33-24-23(30)25(34-15-11-7-2)27(36-17-13-9-4)28(26(24)35-16-12-8-3)37-19-18-32-22(20-29)21-31-5/h22-30H,6-21H2,1-5H3/t22-,23?,24-,25+,26-,27-,28?/m0/s1. The minimum absolute atomic E-state index is 0.129. The molecule has 0 aromatic carbocycles. The van der Waals surface area contributed by atoms with Gasteiger partial charge in [-0.15, -0.1) is 0 Å². The number of hydrogen-bond acceptors (Lipinski definition) is 9. The molecule has 0 bridgehead atoms. The molecule has 1 rings (SSSR count). The van der Waals surface area contributed by atoms with Crippen LogP contribution in [-0.4, -0.2) is 113 Å². The molecule has 222 valence electrons. The third kappa shape index (κ3) is 13.0. The van der Waals surface area contributed by atoms with Crippen molar-refractivity contribution in [2.75, 3.05) is 60.0 Å². The van der Waals surface area contributed by atoms with Crippen molar-refractivity contribution in [3.05, 3.63) is 0 Å². The van der Waals surface area contributed by atoms with E-state index in [9.17, 15) is 10.2 Å². The Hall–Kier alpha value is -0.360. The minimum atomic E-state index is -0.900. The summed E-state index contributed by atoms with van der Waals surface area (Å²) in [5.41, 5.74) is 0. The van der Waals surface area contributed by atoms with Gasteiger partial charge in [0.15, 0.2) is 0 Å². The van der Waals surface area contributed by atoms with Crippen LogP contribution in [0.2, 0.25) is 0 Å². The van der Waals surface area contributed by atoms with Crippen molar-refractivity contribution < 1.29 is 43.4 Å². The SMILES string of the molecule is CCCCO[C@@H]1C(OCCO[C@@H](CO)COC)[C@@H](OCCCC)[C@@H](OCCCC)C(O)[C@H]1OCCCC. The van der Waals surface area contributed by atoms with Crippen LogP contribution in [0.4, 0.5) is 0 Å². The zero-order valence-corrected chi connectivity index (χ0v) is 24.1. The zero-order valence-electron chi connectivity index (χ0n) is 24.1. The van der Waals surface area contributed by atoms with Gasteiger partial charge in [0.1, 0.15) is 42.7 Å². The molecular weight excluding hydrogens is 480 g/mol. The summed E-state index contributed by atoms with van der Waals surface area (Å²) in [6, 6.07) is 0. The minimum Gasteiger partial charge on any atom is -0.394 e. The van der Waals surface area contributed by atoms with Crippen LogP contribution in [0.25, 0.3) is 0 Å². The van der Waals surface area contributed by atoms with Crippen molar-refractivity contribution in [3.63, 3.8) is 0 Å². The largest absolute Gasteiger partial charge is 0.394 e. The van der Waals surface area contributed by atoms with Crippen LogP contribution >= 0.6 is 0 Å². The lowest BCUT2D eigenvalue weighted by Crippen LogP contribution is -2.67. The number of rotatable bonds is 24. The second-order valence-electron chi connectivity index (χ2n) is 9.71. The lowest BCUT2D eigenvalue weighted by atomic mass is 9.83. The van der Waals surface area contributed by atoms with Gasteiger partial charge in [-0.1, -0.05) is 53.4 Å². The molecule has 37 heavy (non-hydrogen) atoms. The molecule has 7 atom stereocenters. The molecule has 9 heteroatoms. The molecule has 0 heterocycles. The summed E-state index contributed by atoms with van der Waals surface area (Å²) in [5.74, 6) is 0. The van der Waals surface area contributed by atoms with Crippen LogP contribution < -0.4 is 0 Å². The van der Waals surface area contributed by atoms with E-state index in [-0.39, 0.29) is 19.8 Å².